The maximum Gasteiger partial charge on any atom is 0.0361 e. The Hall–Kier alpha value is -1.28. The summed E-state index contributed by atoms with van der Waals surface area (Å²) in [7, 11) is 4.14. The van der Waals surface area contributed by atoms with E-state index in [1.807, 2.05) is 0 Å². The second-order valence-electron chi connectivity index (χ2n) is 5.30. The van der Waals surface area contributed by atoms with Gasteiger partial charge in [0.15, 0.2) is 0 Å². The summed E-state index contributed by atoms with van der Waals surface area (Å²) < 4.78 is 0. The molecular formula is C17H28N2. The van der Waals surface area contributed by atoms with Crippen molar-refractivity contribution in [3.05, 3.63) is 42.0 Å². The van der Waals surface area contributed by atoms with Gasteiger partial charge < -0.3 is 10.2 Å². The zero-order valence-corrected chi connectivity index (χ0v) is 12.9. The first-order valence-electron chi connectivity index (χ1n) is 7.25. The highest BCUT2D eigenvalue weighted by molar-refractivity contribution is 5.46. The molecule has 0 radical (unpaired) electrons. The Balaban J connectivity index is 2.80. The molecular weight excluding hydrogens is 232 g/mol. The molecule has 19 heavy (non-hydrogen) atoms. The molecule has 1 aromatic rings. The van der Waals surface area contributed by atoms with Gasteiger partial charge in [-0.3, -0.25) is 0 Å². The molecule has 0 aliphatic carbocycles. The Morgan fingerprint density at radius 2 is 1.84 bits per heavy atom. The lowest BCUT2D eigenvalue weighted by molar-refractivity contribution is 0.523. The SMILES string of the molecule is C=C(CC)CC(NCCC)c1ccc(N(C)C)cc1. The van der Waals surface area contributed by atoms with Crippen LogP contribution in [0.2, 0.25) is 0 Å². The fourth-order valence-corrected chi connectivity index (χ4v) is 2.06. The van der Waals surface area contributed by atoms with Crippen LogP contribution in [0, 0.1) is 0 Å². The van der Waals surface area contributed by atoms with Crippen LogP contribution < -0.4 is 10.2 Å². The number of rotatable bonds is 8. The third-order valence-corrected chi connectivity index (χ3v) is 3.45. The molecule has 0 spiro atoms. The molecule has 0 saturated carbocycles. The average molecular weight is 260 g/mol. The Morgan fingerprint density at radius 3 is 2.32 bits per heavy atom. The minimum Gasteiger partial charge on any atom is -0.378 e. The maximum atomic E-state index is 4.14. The molecule has 0 aliphatic rings. The Bertz CT molecular complexity index is 379. The third-order valence-electron chi connectivity index (χ3n) is 3.45. The summed E-state index contributed by atoms with van der Waals surface area (Å²) in [6, 6.07) is 9.22. The van der Waals surface area contributed by atoms with Gasteiger partial charge in [0.2, 0.25) is 0 Å². The molecule has 0 aliphatic heterocycles. The normalized spacial score (nSPS) is 12.2. The summed E-state index contributed by atoms with van der Waals surface area (Å²) in [5.74, 6) is 0. The van der Waals surface area contributed by atoms with E-state index in [0.29, 0.717) is 6.04 Å². The van der Waals surface area contributed by atoms with E-state index in [9.17, 15) is 0 Å². The molecule has 1 N–H and O–H groups in total. The quantitative estimate of drug-likeness (QED) is 0.706. The third kappa shape index (κ3) is 5.07. The first-order valence-corrected chi connectivity index (χ1v) is 7.25. The number of nitrogens with one attached hydrogen (secondary N) is 1. The molecule has 2 heteroatoms. The first kappa shape index (κ1) is 15.8. The summed E-state index contributed by atoms with van der Waals surface area (Å²) in [6.45, 7) is 9.57. The summed E-state index contributed by atoms with van der Waals surface area (Å²) in [4.78, 5) is 2.13. The predicted octanol–water partition coefficient (Wildman–Crippen LogP) is 4.15. The van der Waals surface area contributed by atoms with E-state index in [0.717, 1.165) is 25.8 Å². The van der Waals surface area contributed by atoms with Crippen molar-refractivity contribution < 1.29 is 0 Å². The zero-order chi connectivity index (χ0) is 14.3. The highest BCUT2D eigenvalue weighted by Gasteiger charge is 2.11. The zero-order valence-electron chi connectivity index (χ0n) is 12.9. The lowest BCUT2D eigenvalue weighted by Crippen LogP contribution is -2.22. The molecule has 2 nitrogen and oxygen atoms in total. The minimum atomic E-state index is 0.392. The van der Waals surface area contributed by atoms with Crippen LogP contribution in [0.25, 0.3) is 0 Å². The van der Waals surface area contributed by atoms with Crippen LogP contribution in [-0.4, -0.2) is 20.6 Å². The van der Waals surface area contributed by atoms with Gasteiger partial charge in [0.05, 0.1) is 0 Å². The Labute approximate surface area is 118 Å². The van der Waals surface area contributed by atoms with Gasteiger partial charge in [0.1, 0.15) is 0 Å². The largest absolute Gasteiger partial charge is 0.378 e. The standard InChI is InChI=1S/C17H28N2/c1-6-12-18-17(13-14(3)7-2)15-8-10-16(11-9-15)19(4)5/h8-11,17-18H,3,6-7,12-13H2,1-2,4-5H3. The van der Waals surface area contributed by atoms with Gasteiger partial charge in [-0.15, -0.1) is 0 Å². The summed E-state index contributed by atoms with van der Waals surface area (Å²) in [5.41, 5.74) is 3.91. The fraction of sp³-hybridized carbons (Fsp3) is 0.529. The van der Waals surface area contributed by atoms with Crippen molar-refractivity contribution in [2.24, 2.45) is 0 Å². The Morgan fingerprint density at radius 1 is 1.21 bits per heavy atom. The van der Waals surface area contributed by atoms with Gasteiger partial charge in [-0.2, -0.15) is 0 Å². The van der Waals surface area contributed by atoms with Crippen molar-refractivity contribution in [1.29, 1.82) is 0 Å². The lowest BCUT2D eigenvalue weighted by Gasteiger charge is -2.21. The van der Waals surface area contributed by atoms with Crippen LogP contribution in [0.4, 0.5) is 5.69 Å². The van der Waals surface area contributed by atoms with E-state index in [1.165, 1.54) is 16.8 Å². The van der Waals surface area contributed by atoms with Crippen molar-refractivity contribution in [2.45, 2.75) is 39.2 Å². The number of hydrogen-bond donors (Lipinski definition) is 1. The van der Waals surface area contributed by atoms with Crippen molar-refractivity contribution >= 4 is 5.69 Å². The van der Waals surface area contributed by atoms with Gasteiger partial charge in [0.25, 0.3) is 0 Å². The predicted molar refractivity (Wildman–Crippen MR) is 85.9 cm³/mol. The number of nitrogens with zero attached hydrogens (tertiary/aromatic N) is 1. The van der Waals surface area contributed by atoms with E-state index < -0.39 is 0 Å². The fourth-order valence-electron chi connectivity index (χ4n) is 2.06. The molecule has 1 rings (SSSR count). The Kier molecular flexibility index (Phi) is 6.65. The monoisotopic (exact) mass is 260 g/mol. The maximum absolute atomic E-state index is 4.14. The van der Waals surface area contributed by atoms with Crippen molar-refractivity contribution in [1.82, 2.24) is 5.32 Å². The van der Waals surface area contributed by atoms with Crippen LogP contribution in [-0.2, 0) is 0 Å². The van der Waals surface area contributed by atoms with Gasteiger partial charge in [-0.1, -0.05) is 38.1 Å². The lowest BCUT2D eigenvalue weighted by atomic mass is 9.98. The summed E-state index contributed by atoms with van der Waals surface area (Å²) in [6.07, 6.45) is 3.24. The second-order valence-corrected chi connectivity index (χ2v) is 5.30. The van der Waals surface area contributed by atoms with Crippen LogP contribution >= 0.6 is 0 Å². The number of hydrogen-bond acceptors (Lipinski definition) is 2. The topological polar surface area (TPSA) is 15.3 Å². The highest BCUT2D eigenvalue weighted by atomic mass is 15.1. The van der Waals surface area contributed by atoms with Gasteiger partial charge in [-0.25, -0.2) is 0 Å². The van der Waals surface area contributed by atoms with Gasteiger partial charge in [-0.05, 0) is 43.5 Å². The van der Waals surface area contributed by atoms with Crippen LogP contribution in [0.3, 0.4) is 0 Å². The molecule has 1 aromatic carbocycles. The molecule has 0 amide bonds. The van der Waals surface area contributed by atoms with Crippen molar-refractivity contribution in [3.63, 3.8) is 0 Å². The first-order chi connectivity index (χ1) is 9.08. The van der Waals surface area contributed by atoms with Gasteiger partial charge >= 0.3 is 0 Å². The van der Waals surface area contributed by atoms with E-state index in [-0.39, 0.29) is 0 Å². The molecule has 0 bridgehead atoms. The van der Waals surface area contributed by atoms with Crippen molar-refractivity contribution in [2.75, 3.05) is 25.5 Å². The number of benzene rings is 1. The molecule has 0 fully saturated rings. The molecule has 0 saturated heterocycles. The van der Waals surface area contributed by atoms with Crippen LogP contribution in [0.15, 0.2) is 36.4 Å². The average Bonchev–Trinajstić information content (AvgIpc) is 2.43. The molecule has 1 atom stereocenters. The molecule has 0 aromatic heterocycles. The molecule has 106 valence electrons. The summed E-state index contributed by atoms with van der Waals surface area (Å²) >= 11 is 0. The molecule has 1 unspecified atom stereocenters. The van der Waals surface area contributed by atoms with Gasteiger partial charge in [0, 0.05) is 25.8 Å². The summed E-state index contributed by atoms with van der Waals surface area (Å²) in [5, 5.41) is 3.63. The van der Waals surface area contributed by atoms with Crippen LogP contribution in [0.1, 0.15) is 44.7 Å². The van der Waals surface area contributed by atoms with E-state index in [1.54, 1.807) is 0 Å². The minimum absolute atomic E-state index is 0.392. The van der Waals surface area contributed by atoms with Crippen LogP contribution in [0.5, 0.6) is 0 Å². The highest BCUT2D eigenvalue weighted by Crippen LogP contribution is 2.24. The second kappa shape index (κ2) is 8.00. The van der Waals surface area contributed by atoms with Crippen molar-refractivity contribution in [3.8, 4) is 0 Å². The molecule has 0 heterocycles. The smallest absolute Gasteiger partial charge is 0.0361 e. The van der Waals surface area contributed by atoms with E-state index in [2.05, 4.69) is 69.0 Å². The number of anilines is 1. The van der Waals surface area contributed by atoms with E-state index >= 15 is 0 Å². The van der Waals surface area contributed by atoms with E-state index in [4.69, 9.17) is 0 Å².